The number of imidazole rings is 1. The van der Waals surface area contributed by atoms with Crippen LogP contribution in [0.25, 0.3) is 16.9 Å². The molecule has 0 atom stereocenters. The van der Waals surface area contributed by atoms with E-state index < -0.39 is 0 Å². The summed E-state index contributed by atoms with van der Waals surface area (Å²) in [6, 6.07) is 11.1. The third-order valence-electron chi connectivity index (χ3n) is 4.07. The van der Waals surface area contributed by atoms with Gasteiger partial charge in [0.25, 0.3) is 5.91 Å². The zero-order chi connectivity index (χ0) is 18.1. The molecule has 0 spiro atoms. The van der Waals surface area contributed by atoms with E-state index in [4.69, 9.17) is 4.74 Å². The van der Waals surface area contributed by atoms with Crippen LogP contribution in [-0.2, 0) is 7.05 Å². The molecule has 0 fully saturated rings. The molecule has 0 aliphatic heterocycles. The van der Waals surface area contributed by atoms with Crippen LogP contribution in [0.4, 0.5) is 5.69 Å². The summed E-state index contributed by atoms with van der Waals surface area (Å²) < 4.78 is 9.04. The lowest BCUT2D eigenvalue weighted by molar-refractivity contribution is 0.102. The van der Waals surface area contributed by atoms with Crippen LogP contribution in [0.3, 0.4) is 0 Å². The van der Waals surface area contributed by atoms with Gasteiger partial charge in [0, 0.05) is 37.4 Å². The molecule has 0 saturated heterocycles. The molecule has 0 saturated carbocycles. The number of aryl methyl sites for hydroxylation is 1. The second-order valence-corrected chi connectivity index (χ2v) is 5.82. The Balaban J connectivity index is 1.78. The number of hydrogen-bond acceptors (Lipinski definition) is 4. The van der Waals surface area contributed by atoms with Gasteiger partial charge in [0.2, 0.25) is 5.88 Å². The molecule has 26 heavy (non-hydrogen) atoms. The molecular formula is C19H17N5O2. The van der Waals surface area contributed by atoms with Crippen LogP contribution in [0.1, 0.15) is 10.5 Å². The summed E-state index contributed by atoms with van der Waals surface area (Å²) in [5, 5.41) is 2.83. The van der Waals surface area contributed by atoms with E-state index in [9.17, 15) is 4.79 Å². The van der Waals surface area contributed by atoms with Crippen molar-refractivity contribution in [1.82, 2.24) is 18.9 Å². The highest BCUT2D eigenvalue weighted by atomic mass is 16.5. The first-order valence-corrected chi connectivity index (χ1v) is 8.07. The SMILES string of the molecule is COc1ncccc1NC(=O)c1nc(-c2ccn(C)c2)n2ccccc12. The minimum Gasteiger partial charge on any atom is -0.480 e. The highest BCUT2D eigenvalue weighted by Gasteiger charge is 2.20. The highest BCUT2D eigenvalue weighted by molar-refractivity contribution is 6.08. The first-order chi connectivity index (χ1) is 12.7. The first kappa shape index (κ1) is 15.9. The molecule has 130 valence electrons. The average molecular weight is 347 g/mol. The van der Waals surface area contributed by atoms with Crippen LogP contribution in [0.15, 0.2) is 61.2 Å². The predicted molar refractivity (Wildman–Crippen MR) is 98.3 cm³/mol. The van der Waals surface area contributed by atoms with E-state index in [1.807, 2.05) is 58.9 Å². The topological polar surface area (TPSA) is 73.4 Å². The number of carbonyl (C=O) groups excluding carboxylic acids is 1. The molecule has 0 unspecified atom stereocenters. The van der Waals surface area contributed by atoms with Gasteiger partial charge in [0.15, 0.2) is 5.69 Å². The standard InChI is InChI=1S/C19H17N5O2/c1-23-11-8-13(12-23)17-22-16(15-7-3-4-10-24(15)17)18(25)21-14-6-5-9-20-19(14)26-2/h3-12H,1-2H3,(H,21,25). The number of carbonyl (C=O) groups is 1. The Morgan fingerprint density at radius 2 is 2.04 bits per heavy atom. The summed E-state index contributed by atoms with van der Waals surface area (Å²) in [6.45, 7) is 0. The number of amides is 1. The third-order valence-corrected chi connectivity index (χ3v) is 4.07. The fraction of sp³-hybridized carbons (Fsp3) is 0.105. The normalized spacial score (nSPS) is 10.8. The minimum atomic E-state index is -0.317. The van der Waals surface area contributed by atoms with Crippen molar-refractivity contribution in [3.63, 3.8) is 0 Å². The Morgan fingerprint density at radius 1 is 1.15 bits per heavy atom. The van der Waals surface area contributed by atoms with E-state index in [1.165, 1.54) is 7.11 Å². The second-order valence-electron chi connectivity index (χ2n) is 5.82. The number of pyridine rings is 2. The van der Waals surface area contributed by atoms with E-state index in [2.05, 4.69) is 15.3 Å². The van der Waals surface area contributed by atoms with Crippen molar-refractivity contribution in [2.75, 3.05) is 12.4 Å². The number of hydrogen-bond donors (Lipinski definition) is 1. The van der Waals surface area contributed by atoms with E-state index >= 15 is 0 Å². The largest absolute Gasteiger partial charge is 0.480 e. The van der Waals surface area contributed by atoms with E-state index in [1.54, 1.807) is 18.3 Å². The average Bonchev–Trinajstić information content (AvgIpc) is 3.26. The molecule has 7 nitrogen and oxygen atoms in total. The summed E-state index contributed by atoms with van der Waals surface area (Å²) >= 11 is 0. The van der Waals surface area contributed by atoms with Gasteiger partial charge in [-0.05, 0) is 30.3 Å². The molecule has 0 aliphatic rings. The number of aromatic nitrogens is 4. The lowest BCUT2D eigenvalue weighted by Gasteiger charge is -2.07. The van der Waals surface area contributed by atoms with Crippen molar-refractivity contribution in [2.24, 2.45) is 7.05 Å². The summed E-state index contributed by atoms with van der Waals surface area (Å²) in [7, 11) is 3.46. The molecule has 4 aromatic rings. The highest BCUT2D eigenvalue weighted by Crippen LogP contribution is 2.25. The molecule has 0 aliphatic carbocycles. The van der Waals surface area contributed by atoms with Crippen molar-refractivity contribution >= 4 is 17.1 Å². The summed E-state index contributed by atoms with van der Waals surface area (Å²) in [4.78, 5) is 21.6. The number of anilines is 1. The maximum absolute atomic E-state index is 12.9. The van der Waals surface area contributed by atoms with Crippen LogP contribution in [0.5, 0.6) is 5.88 Å². The minimum absolute atomic E-state index is 0.317. The molecule has 1 N–H and O–H groups in total. The van der Waals surface area contributed by atoms with Crippen molar-refractivity contribution in [1.29, 1.82) is 0 Å². The molecular weight excluding hydrogens is 330 g/mol. The first-order valence-electron chi connectivity index (χ1n) is 8.07. The number of ether oxygens (including phenoxy) is 1. The van der Waals surface area contributed by atoms with E-state index in [0.29, 0.717) is 23.1 Å². The number of nitrogens with zero attached hydrogens (tertiary/aromatic N) is 4. The Kier molecular flexibility index (Phi) is 3.89. The van der Waals surface area contributed by atoms with Gasteiger partial charge < -0.3 is 14.6 Å². The molecule has 4 heterocycles. The van der Waals surface area contributed by atoms with Gasteiger partial charge in [-0.1, -0.05) is 6.07 Å². The second kappa shape index (κ2) is 6.36. The van der Waals surface area contributed by atoms with Crippen LogP contribution < -0.4 is 10.1 Å². The van der Waals surface area contributed by atoms with Crippen molar-refractivity contribution < 1.29 is 9.53 Å². The number of methoxy groups -OCH3 is 1. The molecule has 1 amide bonds. The Bertz CT molecular complexity index is 1100. The van der Waals surface area contributed by atoms with Gasteiger partial charge in [-0.25, -0.2) is 9.97 Å². The van der Waals surface area contributed by atoms with Gasteiger partial charge in [-0.2, -0.15) is 0 Å². The third kappa shape index (κ3) is 2.69. The molecule has 7 heteroatoms. The van der Waals surface area contributed by atoms with Crippen molar-refractivity contribution in [3.8, 4) is 17.3 Å². The van der Waals surface area contributed by atoms with E-state index in [0.717, 1.165) is 11.1 Å². The Labute approximate surface area is 149 Å². The van der Waals surface area contributed by atoms with Crippen LogP contribution in [0, 0.1) is 0 Å². The molecule has 0 bridgehead atoms. The monoisotopic (exact) mass is 347 g/mol. The fourth-order valence-electron chi connectivity index (χ4n) is 2.87. The Morgan fingerprint density at radius 3 is 2.81 bits per heavy atom. The van der Waals surface area contributed by atoms with Crippen LogP contribution in [0.2, 0.25) is 0 Å². The Hall–Kier alpha value is -3.61. The van der Waals surface area contributed by atoms with Gasteiger partial charge in [0.05, 0.1) is 12.6 Å². The van der Waals surface area contributed by atoms with Crippen LogP contribution >= 0.6 is 0 Å². The molecule has 0 radical (unpaired) electrons. The maximum Gasteiger partial charge on any atom is 0.276 e. The smallest absolute Gasteiger partial charge is 0.276 e. The zero-order valence-corrected chi connectivity index (χ0v) is 14.4. The van der Waals surface area contributed by atoms with Gasteiger partial charge in [-0.3, -0.25) is 9.20 Å². The molecule has 4 rings (SSSR count). The molecule has 0 aromatic carbocycles. The lowest BCUT2D eigenvalue weighted by Crippen LogP contribution is -2.14. The predicted octanol–water partition coefficient (Wildman–Crippen LogP) is 3.00. The van der Waals surface area contributed by atoms with Crippen LogP contribution in [-0.4, -0.2) is 32.0 Å². The number of rotatable bonds is 4. The summed E-state index contributed by atoms with van der Waals surface area (Å²) in [5.74, 6) is 0.749. The van der Waals surface area contributed by atoms with Gasteiger partial charge in [0.1, 0.15) is 11.5 Å². The number of nitrogens with one attached hydrogen (secondary N) is 1. The summed E-state index contributed by atoms with van der Waals surface area (Å²) in [5.41, 5.74) is 2.51. The maximum atomic E-state index is 12.9. The molecule has 4 aromatic heterocycles. The van der Waals surface area contributed by atoms with Gasteiger partial charge >= 0.3 is 0 Å². The zero-order valence-electron chi connectivity index (χ0n) is 14.4. The van der Waals surface area contributed by atoms with Crippen molar-refractivity contribution in [3.05, 3.63) is 66.9 Å². The summed E-state index contributed by atoms with van der Waals surface area (Å²) in [6.07, 6.45) is 7.41. The lowest BCUT2D eigenvalue weighted by atomic mass is 10.3. The fourth-order valence-corrected chi connectivity index (χ4v) is 2.87. The quantitative estimate of drug-likeness (QED) is 0.616. The van der Waals surface area contributed by atoms with E-state index in [-0.39, 0.29) is 5.91 Å². The number of fused-ring (bicyclic) bond motifs is 1. The van der Waals surface area contributed by atoms with Crippen molar-refractivity contribution in [2.45, 2.75) is 0 Å². The van der Waals surface area contributed by atoms with Gasteiger partial charge in [-0.15, -0.1) is 0 Å².